The maximum absolute atomic E-state index is 4.46. The van der Waals surface area contributed by atoms with E-state index in [-0.39, 0.29) is 0 Å². The van der Waals surface area contributed by atoms with Crippen LogP contribution in [0.4, 0.5) is 0 Å². The van der Waals surface area contributed by atoms with E-state index in [1.807, 2.05) is 23.5 Å². The molecule has 2 aromatic rings. The molecule has 0 atom stereocenters. The van der Waals surface area contributed by atoms with E-state index in [4.69, 9.17) is 0 Å². The first kappa shape index (κ1) is 13.2. The summed E-state index contributed by atoms with van der Waals surface area (Å²) in [5.74, 6) is 0.798. The minimum Gasteiger partial charge on any atom is -0.313 e. The number of hydrogen-bond donors (Lipinski definition) is 1. The highest BCUT2D eigenvalue weighted by atomic mass is 79.9. The van der Waals surface area contributed by atoms with Crippen molar-refractivity contribution >= 4 is 15.9 Å². The molecule has 0 amide bonds. The molecule has 0 aliphatic carbocycles. The lowest BCUT2D eigenvalue weighted by Gasteiger charge is -2.02. The molecule has 0 bridgehead atoms. The number of rotatable bonds is 5. The summed E-state index contributed by atoms with van der Waals surface area (Å²) in [6.45, 7) is 3.44. The third-order valence-corrected chi connectivity index (χ3v) is 3.65. The molecule has 0 radical (unpaired) electrons. The summed E-state index contributed by atoms with van der Waals surface area (Å²) >= 11 is 3.60. The molecule has 0 aliphatic rings. The molecular weight excluding hydrogens is 296 g/mol. The van der Waals surface area contributed by atoms with E-state index >= 15 is 0 Å². The van der Waals surface area contributed by atoms with Crippen LogP contribution in [0.1, 0.15) is 24.1 Å². The van der Waals surface area contributed by atoms with Crippen molar-refractivity contribution in [3.8, 4) is 0 Å². The summed E-state index contributed by atoms with van der Waals surface area (Å²) in [5, 5.41) is 11.9. The second-order valence-electron chi connectivity index (χ2n) is 4.07. The molecule has 0 unspecified atom stereocenters. The first-order valence-corrected chi connectivity index (χ1v) is 6.68. The highest BCUT2D eigenvalue weighted by Crippen LogP contribution is 2.22. The van der Waals surface area contributed by atoms with Gasteiger partial charge in [-0.25, -0.2) is 9.67 Å². The van der Waals surface area contributed by atoms with Gasteiger partial charge >= 0.3 is 0 Å². The molecule has 2 heterocycles. The zero-order valence-electron chi connectivity index (χ0n) is 10.8. The quantitative estimate of drug-likeness (QED) is 0.898. The number of halogens is 1. The summed E-state index contributed by atoms with van der Waals surface area (Å²) in [6.07, 6.45) is 2.66. The average molecular weight is 313 g/mol. The minimum atomic E-state index is 0.667. The maximum atomic E-state index is 4.46. The van der Waals surface area contributed by atoms with Crippen LogP contribution in [0.2, 0.25) is 0 Å². The van der Waals surface area contributed by atoms with E-state index in [9.17, 15) is 0 Å². The summed E-state index contributed by atoms with van der Waals surface area (Å²) < 4.78 is 4.79. The predicted octanol–water partition coefficient (Wildman–Crippen LogP) is 1.10. The highest BCUT2D eigenvalue weighted by molar-refractivity contribution is 9.10. The van der Waals surface area contributed by atoms with Gasteiger partial charge in [0.2, 0.25) is 0 Å². The van der Waals surface area contributed by atoms with Crippen LogP contribution in [-0.2, 0) is 26.6 Å². The van der Waals surface area contributed by atoms with E-state index in [0.717, 1.165) is 28.1 Å². The maximum Gasteiger partial charge on any atom is 0.164 e. The fraction of sp³-hybridized carbons (Fsp3) is 0.545. The fourth-order valence-electron chi connectivity index (χ4n) is 1.79. The normalized spacial score (nSPS) is 11.1. The first-order chi connectivity index (χ1) is 8.65. The van der Waals surface area contributed by atoms with E-state index in [1.165, 1.54) is 0 Å². The standard InChI is InChI=1S/C11H17BrN6/c1-4-8-11(12)9(17(3)15-8)6-18-7-14-10(16-18)5-13-2/h7,13H,4-6H2,1-3H3. The fourth-order valence-corrected chi connectivity index (χ4v) is 2.54. The molecule has 0 aliphatic heterocycles. The van der Waals surface area contributed by atoms with E-state index in [0.29, 0.717) is 13.1 Å². The Morgan fingerprint density at radius 1 is 1.39 bits per heavy atom. The molecule has 7 heteroatoms. The van der Waals surface area contributed by atoms with Crippen LogP contribution < -0.4 is 5.32 Å². The van der Waals surface area contributed by atoms with Gasteiger partial charge in [-0.2, -0.15) is 10.2 Å². The number of hydrogen-bond acceptors (Lipinski definition) is 4. The van der Waals surface area contributed by atoms with Gasteiger partial charge in [0.1, 0.15) is 6.33 Å². The topological polar surface area (TPSA) is 60.6 Å². The molecule has 18 heavy (non-hydrogen) atoms. The van der Waals surface area contributed by atoms with Crippen molar-refractivity contribution in [2.45, 2.75) is 26.4 Å². The Hall–Kier alpha value is -1.21. The molecule has 0 fully saturated rings. The number of aromatic nitrogens is 5. The van der Waals surface area contributed by atoms with Gasteiger partial charge in [0.15, 0.2) is 5.82 Å². The van der Waals surface area contributed by atoms with Crippen molar-refractivity contribution in [2.75, 3.05) is 7.05 Å². The molecule has 0 saturated heterocycles. The van der Waals surface area contributed by atoms with E-state index in [1.54, 1.807) is 6.33 Å². The average Bonchev–Trinajstić information content (AvgIpc) is 2.89. The third kappa shape index (κ3) is 2.62. The van der Waals surface area contributed by atoms with E-state index in [2.05, 4.69) is 43.4 Å². The van der Waals surface area contributed by atoms with Gasteiger partial charge in [0.05, 0.1) is 29.0 Å². The Morgan fingerprint density at radius 3 is 2.78 bits per heavy atom. The zero-order valence-corrected chi connectivity index (χ0v) is 12.4. The van der Waals surface area contributed by atoms with Gasteiger partial charge < -0.3 is 5.32 Å². The molecule has 98 valence electrons. The number of nitrogens with one attached hydrogen (secondary N) is 1. The second-order valence-corrected chi connectivity index (χ2v) is 4.87. The van der Waals surface area contributed by atoms with Crippen molar-refractivity contribution in [1.29, 1.82) is 0 Å². The zero-order chi connectivity index (χ0) is 13.1. The monoisotopic (exact) mass is 312 g/mol. The van der Waals surface area contributed by atoms with Crippen LogP contribution in [0.3, 0.4) is 0 Å². The Balaban J connectivity index is 2.20. The lowest BCUT2D eigenvalue weighted by atomic mass is 10.3. The Labute approximate surface area is 115 Å². The van der Waals surface area contributed by atoms with Crippen molar-refractivity contribution < 1.29 is 0 Å². The Bertz CT molecular complexity index is 530. The van der Waals surface area contributed by atoms with Crippen LogP contribution in [0.5, 0.6) is 0 Å². The largest absolute Gasteiger partial charge is 0.313 e. The van der Waals surface area contributed by atoms with Gasteiger partial charge in [0.25, 0.3) is 0 Å². The molecule has 2 rings (SSSR count). The van der Waals surface area contributed by atoms with Crippen LogP contribution in [-0.4, -0.2) is 31.6 Å². The van der Waals surface area contributed by atoms with Gasteiger partial charge in [0, 0.05) is 7.05 Å². The van der Waals surface area contributed by atoms with Gasteiger partial charge in [-0.05, 0) is 29.4 Å². The lowest BCUT2D eigenvalue weighted by molar-refractivity contribution is 0.605. The van der Waals surface area contributed by atoms with Crippen LogP contribution >= 0.6 is 15.9 Å². The summed E-state index contributed by atoms with van der Waals surface area (Å²) in [6, 6.07) is 0. The predicted molar refractivity (Wildman–Crippen MR) is 72.2 cm³/mol. The second kappa shape index (κ2) is 5.62. The molecule has 2 aromatic heterocycles. The van der Waals surface area contributed by atoms with Crippen LogP contribution in [0.15, 0.2) is 10.8 Å². The number of nitrogens with zero attached hydrogens (tertiary/aromatic N) is 5. The molecule has 1 N–H and O–H groups in total. The van der Waals surface area contributed by atoms with Crippen LogP contribution in [0.25, 0.3) is 0 Å². The number of aryl methyl sites for hydroxylation is 2. The summed E-state index contributed by atoms with van der Waals surface area (Å²) in [5.41, 5.74) is 2.18. The molecule has 6 nitrogen and oxygen atoms in total. The summed E-state index contributed by atoms with van der Waals surface area (Å²) in [7, 11) is 3.83. The molecule has 0 aromatic carbocycles. The van der Waals surface area contributed by atoms with E-state index < -0.39 is 0 Å². The molecule has 0 saturated carbocycles. The smallest absolute Gasteiger partial charge is 0.164 e. The first-order valence-electron chi connectivity index (χ1n) is 5.88. The van der Waals surface area contributed by atoms with Crippen LogP contribution in [0, 0.1) is 0 Å². The van der Waals surface area contributed by atoms with Gasteiger partial charge in [-0.15, -0.1) is 0 Å². The van der Waals surface area contributed by atoms with Gasteiger partial charge in [-0.1, -0.05) is 6.92 Å². The third-order valence-electron chi connectivity index (χ3n) is 2.73. The van der Waals surface area contributed by atoms with Crippen molar-refractivity contribution in [2.24, 2.45) is 7.05 Å². The Morgan fingerprint density at radius 2 is 2.17 bits per heavy atom. The Kier molecular flexibility index (Phi) is 4.13. The summed E-state index contributed by atoms with van der Waals surface area (Å²) in [4.78, 5) is 4.23. The van der Waals surface area contributed by atoms with Gasteiger partial charge in [-0.3, -0.25) is 4.68 Å². The SMILES string of the molecule is CCc1nn(C)c(Cn2cnc(CNC)n2)c1Br. The molecule has 0 spiro atoms. The lowest BCUT2D eigenvalue weighted by Crippen LogP contribution is -2.09. The van der Waals surface area contributed by atoms with Crippen molar-refractivity contribution in [3.63, 3.8) is 0 Å². The van der Waals surface area contributed by atoms with Crippen molar-refractivity contribution in [1.82, 2.24) is 29.9 Å². The highest BCUT2D eigenvalue weighted by Gasteiger charge is 2.13. The molecular formula is C11H17BrN6. The van der Waals surface area contributed by atoms with Crippen molar-refractivity contribution in [3.05, 3.63) is 28.0 Å². The minimum absolute atomic E-state index is 0.667.